The van der Waals surface area contributed by atoms with Crippen LogP contribution in [-0.4, -0.2) is 11.3 Å². The summed E-state index contributed by atoms with van der Waals surface area (Å²) in [6.45, 7) is 6.80. The molecule has 0 aliphatic heterocycles. The third-order valence-electron chi connectivity index (χ3n) is 5.07. The van der Waals surface area contributed by atoms with Crippen LogP contribution in [0.25, 0.3) is 0 Å². The Kier molecular flexibility index (Phi) is 4.15. The molecule has 0 heterocycles. The molecule has 2 N–H and O–H groups in total. The van der Waals surface area contributed by atoms with Crippen LogP contribution in [0.5, 0.6) is 0 Å². The number of carbonyl (C=O) groups excluding carboxylic acids is 1. The molecule has 2 fully saturated rings. The maximum atomic E-state index is 12.8. The molecule has 2 saturated carbocycles. The topological polar surface area (TPSA) is 43.1 Å². The van der Waals surface area contributed by atoms with Crippen molar-refractivity contribution in [3.05, 3.63) is 0 Å². The van der Waals surface area contributed by atoms with Gasteiger partial charge in [-0.05, 0) is 49.9 Å². The van der Waals surface area contributed by atoms with E-state index in [-0.39, 0.29) is 5.92 Å². The highest BCUT2D eigenvalue weighted by atomic mass is 16.1. The molecule has 0 aromatic rings. The van der Waals surface area contributed by atoms with Crippen LogP contribution in [0.15, 0.2) is 0 Å². The van der Waals surface area contributed by atoms with E-state index in [1.165, 1.54) is 12.8 Å². The average molecular weight is 251 g/mol. The van der Waals surface area contributed by atoms with Gasteiger partial charge in [-0.25, -0.2) is 0 Å². The van der Waals surface area contributed by atoms with Gasteiger partial charge >= 0.3 is 0 Å². The molecule has 4 atom stereocenters. The Labute approximate surface area is 112 Å². The van der Waals surface area contributed by atoms with Crippen molar-refractivity contribution in [1.82, 2.24) is 0 Å². The smallest absolute Gasteiger partial charge is 0.155 e. The number of carbonyl (C=O) groups is 1. The van der Waals surface area contributed by atoms with Gasteiger partial charge in [-0.1, -0.05) is 33.6 Å². The Bertz CT molecular complexity index is 304. The van der Waals surface area contributed by atoms with Crippen molar-refractivity contribution >= 4 is 5.78 Å². The van der Waals surface area contributed by atoms with Gasteiger partial charge in [-0.3, -0.25) is 4.79 Å². The van der Waals surface area contributed by atoms with E-state index in [4.69, 9.17) is 5.73 Å². The highest BCUT2D eigenvalue weighted by Crippen LogP contribution is 2.39. The van der Waals surface area contributed by atoms with Gasteiger partial charge in [0.05, 0.1) is 5.54 Å². The number of hydrogen-bond acceptors (Lipinski definition) is 2. The minimum absolute atomic E-state index is 0.235. The van der Waals surface area contributed by atoms with Crippen LogP contribution in [0.1, 0.15) is 65.7 Å². The van der Waals surface area contributed by atoms with E-state index < -0.39 is 5.54 Å². The molecule has 4 unspecified atom stereocenters. The predicted molar refractivity (Wildman–Crippen MR) is 75.2 cm³/mol. The highest BCUT2D eigenvalue weighted by Gasteiger charge is 2.42. The number of hydrogen-bond donors (Lipinski definition) is 1. The van der Waals surface area contributed by atoms with Crippen molar-refractivity contribution in [1.29, 1.82) is 0 Å². The van der Waals surface area contributed by atoms with Gasteiger partial charge in [0.25, 0.3) is 0 Å². The minimum Gasteiger partial charge on any atom is -0.319 e. The summed E-state index contributed by atoms with van der Waals surface area (Å²) in [6, 6.07) is 0. The van der Waals surface area contributed by atoms with E-state index in [1.54, 1.807) is 0 Å². The summed E-state index contributed by atoms with van der Waals surface area (Å²) in [7, 11) is 0. The van der Waals surface area contributed by atoms with Crippen molar-refractivity contribution in [3.8, 4) is 0 Å². The molecule has 2 rings (SSSR count). The standard InChI is InChI=1S/C16H29NO/c1-11-5-4-6-16(17,10-11)15(18)14-8-12(2)7-13(3)9-14/h11-14H,4-10,17H2,1-3H3. The lowest BCUT2D eigenvalue weighted by Gasteiger charge is -2.40. The molecule has 0 saturated heterocycles. The fourth-order valence-electron chi connectivity index (χ4n) is 4.38. The molecule has 2 aliphatic carbocycles. The van der Waals surface area contributed by atoms with Gasteiger partial charge in [0, 0.05) is 5.92 Å². The van der Waals surface area contributed by atoms with E-state index in [2.05, 4.69) is 20.8 Å². The number of ketones is 1. The van der Waals surface area contributed by atoms with Crippen LogP contribution in [0.3, 0.4) is 0 Å². The lowest BCUT2D eigenvalue weighted by Crippen LogP contribution is -2.54. The van der Waals surface area contributed by atoms with Crippen LogP contribution in [0, 0.1) is 23.7 Å². The normalized spacial score (nSPS) is 45.8. The number of Topliss-reactive ketones (excluding diaryl/α,β-unsaturated/α-hetero) is 1. The second-order valence-electron chi connectivity index (χ2n) is 7.34. The SMILES string of the molecule is CC1CC(C)CC(C(=O)C2(N)CCCC(C)C2)C1. The maximum Gasteiger partial charge on any atom is 0.155 e. The summed E-state index contributed by atoms with van der Waals surface area (Å²) >= 11 is 0. The first kappa shape index (κ1) is 14.0. The second-order valence-corrected chi connectivity index (χ2v) is 7.34. The summed E-state index contributed by atoms with van der Waals surface area (Å²) in [5, 5.41) is 0. The molecular weight excluding hydrogens is 222 g/mol. The van der Waals surface area contributed by atoms with E-state index in [9.17, 15) is 4.79 Å². The molecule has 2 nitrogen and oxygen atoms in total. The monoisotopic (exact) mass is 251 g/mol. The van der Waals surface area contributed by atoms with Crippen LogP contribution in [0.4, 0.5) is 0 Å². The van der Waals surface area contributed by atoms with Gasteiger partial charge in [-0.2, -0.15) is 0 Å². The molecule has 0 aromatic carbocycles. The second kappa shape index (κ2) is 5.32. The average Bonchev–Trinajstić information content (AvgIpc) is 2.26. The van der Waals surface area contributed by atoms with E-state index in [0.717, 1.165) is 32.1 Å². The third kappa shape index (κ3) is 2.96. The van der Waals surface area contributed by atoms with Crippen molar-refractivity contribution in [2.45, 2.75) is 71.3 Å². The molecular formula is C16H29NO. The molecule has 2 heteroatoms. The van der Waals surface area contributed by atoms with Gasteiger partial charge in [-0.15, -0.1) is 0 Å². The largest absolute Gasteiger partial charge is 0.319 e. The minimum atomic E-state index is -0.501. The van der Waals surface area contributed by atoms with Gasteiger partial charge in [0.1, 0.15) is 0 Å². The quantitative estimate of drug-likeness (QED) is 0.815. The molecule has 104 valence electrons. The third-order valence-corrected chi connectivity index (χ3v) is 5.07. The first-order chi connectivity index (χ1) is 8.40. The number of rotatable bonds is 2. The van der Waals surface area contributed by atoms with E-state index in [1.807, 2.05) is 0 Å². The molecule has 0 amide bonds. The zero-order chi connectivity index (χ0) is 13.3. The molecule has 0 spiro atoms. The Balaban J connectivity index is 2.05. The van der Waals surface area contributed by atoms with Gasteiger partial charge < -0.3 is 5.73 Å². The van der Waals surface area contributed by atoms with Crippen LogP contribution in [-0.2, 0) is 4.79 Å². The van der Waals surface area contributed by atoms with Gasteiger partial charge in [0.2, 0.25) is 0 Å². The Hall–Kier alpha value is -0.370. The van der Waals surface area contributed by atoms with Crippen molar-refractivity contribution in [2.75, 3.05) is 0 Å². The van der Waals surface area contributed by atoms with Gasteiger partial charge in [0.15, 0.2) is 5.78 Å². The maximum absolute atomic E-state index is 12.8. The molecule has 0 aromatic heterocycles. The van der Waals surface area contributed by atoms with Crippen LogP contribution in [0.2, 0.25) is 0 Å². The number of nitrogens with two attached hydrogens (primary N) is 1. The van der Waals surface area contributed by atoms with Crippen molar-refractivity contribution in [2.24, 2.45) is 29.4 Å². The fraction of sp³-hybridized carbons (Fsp3) is 0.938. The van der Waals surface area contributed by atoms with Crippen LogP contribution < -0.4 is 5.73 Å². The van der Waals surface area contributed by atoms with E-state index >= 15 is 0 Å². The lowest BCUT2D eigenvalue weighted by molar-refractivity contribution is -0.132. The molecule has 0 bridgehead atoms. The highest BCUT2D eigenvalue weighted by molar-refractivity contribution is 5.90. The Morgan fingerprint density at radius 2 is 1.67 bits per heavy atom. The molecule has 2 aliphatic rings. The predicted octanol–water partition coefficient (Wildman–Crippen LogP) is 3.54. The summed E-state index contributed by atoms with van der Waals surface area (Å²) in [6.07, 6.45) is 7.59. The summed E-state index contributed by atoms with van der Waals surface area (Å²) in [5.41, 5.74) is 5.96. The fourth-order valence-corrected chi connectivity index (χ4v) is 4.38. The Morgan fingerprint density at radius 3 is 2.22 bits per heavy atom. The first-order valence-electron chi connectivity index (χ1n) is 7.74. The summed E-state index contributed by atoms with van der Waals surface area (Å²) in [4.78, 5) is 12.8. The van der Waals surface area contributed by atoms with Crippen molar-refractivity contribution in [3.63, 3.8) is 0 Å². The Morgan fingerprint density at radius 1 is 1.06 bits per heavy atom. The van der Waals surface area contributed by atoms with Crippen molar-refractivity contribution < 1.29 is 4.79 Å². The van der Waals surface area contributed by atoms with Crippen LogP contribution >= 0.6 is 0 Å². The molecule has 18 heavy (non-hydrogen) atoms. The van der Waals surface area contributed by atoms with E-state index in [0.29, 0.717) is 23.5 Å². The lowest BCUT2D eigenvalue weighted by atomic mass is 9.66. The summed E-state index contributed by atoms with van der Waals surface area (Å²) < 4.78 is 0. The zero-order valence-electron chi connectivity index (χ0n) is 12.2. The summed E-state index contributed by atoms with van der Waals surface area (Å²) in [5.74, 6) is 2.61. The first-order valence-corrected chi connectivity index (χ1v) is 7.74. The zero-order valence-corrected chi connectivity index (χ0v) is 12.2. The molecule has 0 radical (unpaired) electrons.